The first-order valence-corrected chi connectivity index (χ1v) is 41.7. The van der Waals surface area contributed by atoms with Gasteiger partial charge in [-0.2, -0.15) is 0 Å². The Balaban J connectivity index is -0.000000219. The maximum Gasteiger partial charge on any atom is 0.248 e. The van der Waals surface area contributed by atoms with Gasteiger partial charge in [-0.15, -0.1) is 0 Å². The molecule has 0 aliphatic heterocycles. The van der Waals surface area contributed by atoms with Crippen molar-refractivity contribution in [1.29, 1.82) is 0 Å². The third-order valence-corrected chi connectivity index (χ3v) is 15.2. The number of H-pyrrole nitrogens is 1. The van der Waals surface area contributed by atoms with Gasteiger partial charge >= 0.3 is 0 Å². The molecule has 4 aromatic carbocycles. The van der Waals surface area contributed by atoms with E-state index in [0.717, 1.165) is 66.5 Å². The summed E-state index contributed by atoms with van der Waals surface area (Å²) >= 11 is 0. The number of fused-ring (bicyclic) bond motifs is 6. The van der Waals surface area contributed by atoms with Crippen molar-refractivity contribution in [2.45, 2.75) is 334 Å². The van der Waals surface area contributed by atoms with Crippen molar-refractivity contribution in [3.05, 3.63) is 224 Å². The summed E-state index contributed by atoms with van der Waals surface area (Å²) in [5.74, 6) is 2.97. The largest absolute Gasteiger partial charge is 0.322 e. The van der Waals surface area contributed by atoms with Gasteiger partial charge in [0.15, 0.2) is 0 Å². The molecule has 0 unspecified atom stereocenters. The molecule has 614 valence electrons. The Morgan fingerprint density at radius 3 is 0.991 bits per heavy atom. The summed E-state index contributed by atoms with van der Waals surface area (Å²) in [5, 5.41) is 4.87. The molecule has 12 heteroatoms. The second-order valence-electron chi connectivity index (χ2n) is 23.6. The average Bonchev–Trinajstić information content (AvgIpc) is 0.840. The van der Waals surface area contributed by atoms with Crippen LogP contribution in [0.25, 0.3) is 65.7 Å². The molecule has 8 aromatic heterocycles. The number of nitrogens with zero attached hydrogens (tertiary/aromatic N) is 10. The zero-order valence-corrected chi connectivity index (χ0v) is 77.2. The predicted molar refractivity (Wildman–Crippen MR) is 498 cm³/mol. The van der Waals surface area contributed by atoms with Gasteiger partial charge in [-0.3, -0.25) is 44.7 Å². The fourth-order valence-corrected chi connectivity index (χ4v) is 10.4. The van der Waals surface area contributed by atoms with Gasteiger partial charge < -0.3 is 4.98 Å². The van der Waals surface area contributed by atoms with Crippen LogP contribution in [0.4, 0.5) is 0 Å². The van der Waals surface area contributed by atoms with Crippen molar-refractivity contribution < 1.29 is 0 Å². The molecular weight excluding hydrogens is 1350 g/mol. The lowest BCUT2D eigenvalue weighted by Crippen LogP contribution is -2.05. The van der Waals surface area contributed by atoms with E-state index in [9.17, 15) is 4.79 Å². The Morgan fingerprint density at radius 1 is 0.255 bits per heavy atom. The van der Waals surface area contributed by atoms with Crippen LogP contribution in [0.5, 0.6) is 0 Å². The lowest BCUT2D eigenvalue weighted by atomic mass is 9.96. The highest BCUT2D eigenvalue weighted by molar-refractivity contribution is 5.88. The first-order valence-electron chi connectivity index (χ1n) is 41.7. The first kappa shape index (κ1) is 115. The zero-order valence-electron chi connectivity index (χ0n) is 77.2. The van der Waals surface area contributed by atoms with E-state index < -0.39 is 0 Å². The number of aromatic nitrogens is 11. The number of aryl methyl sites for hydroxylation is 6. The van der Waals surface area contributed by atoms with Crippen molar-refractivity contribution in [3.8, 4) is 0 Å². The number of benzene rings is 4. The smallest absolute Gasteiger partial charge is 0.248 e. The molecule has 0 amide bonds. The molecule has 110 heavy (non-hydrogen) atoms. The molecular formula is C98H161N11O. The minimum absolute atomic E-state index is 0. The number of pyridine rings is 5. The van der Waals surface area contributed by atoms with E-state index >= 15 is 0 Å². The molecule has 0 saturated carbocycles. The Labute approximate surface area is 674 Å². The van der Waals surface area contributed by atoms with Gasteiger partial charge in [0.2, 0.25) is 5.56 Å². The highest BCUT2D eigenvalue weighted by Crippen LogP contribution is 2.30. The van der Waals surface area contributed by atoms with E-state index in [-0.39, 0.29) is 13.0 Å². The average molecular weight is 1510 g/mol. The van der Waals surface area contributed by atoms with Crippen LogP contribution < -0.4 is 5.56 Å². The van der Waals surface area contributed by atoms with E-state index in [2.05, 4.69) is 219 Å². The Bertz CT molecular complexity index is 3760. The van der Waals surface area contributed by atoms with Crippen LogP contribution in [0, 0.1) is 41.5 Å². The van der Waals surface area contributed by atoms with Crippen LogP contribution in [0.3, 0.4) is 0 Å². The number of rotatable bonds is 6. The third kappa shape index (κ3) is 36.8. The van der Waals surface area contributed by atoms with Crippen LogP contribution >= 0.6 is 0 Å². The van der Waals surface area contributed by atoms with Crippen molar-refractivity contribution in [1.82, 2.24) is 54.8 Å². The number of nitrogens with one attached hydrogen (secondary N) is 1. The van der Waals surface area contributed by atoms with Crippen LogP contribution in [0.1, 0.15) is 359 Å². The maximum absolute atomic E-state index is 11.3. The summed E-state index contributed by atoms with van der Waals surface area (Å²) < 4.78 is 0. The van der Waals surface area contributed by atoms with Gasteiger partial charge in [0.1, 0.15) is 11.8 Å². The summed E-state index contributed by atoms with van der Waals surface area (Å²) in [7, 11) is 0. The molecule has 12 rings (SSSR count). The minimum atomic E-state index is -0.0356. The molecule has 0 radical (unpaired) electrons. The fourth-order valence-electron chi connectivity index (χ4n) is 10.4. The summed E-state index contributed by atoms with van der Waals surface area (Å²) in [6.07, 6.45) is 18.0. The van der Waals surface area contributed by atoms with E-state index in [1.807, 2.05) is 236 Å². The number of hydrogen-bond donors (Lipinski definition) is 1. The van der Waals surface area contributed by atoms with Gasteiger partial charge in [-0.25, -0.2) is 9.97 Å². The van der Waals surface area contributed by atoms with Crippen molar-refractivity contribution in [2.24, 2.45) is 0 Å². The fraction of sp³-hybridized carbons (Fsp3) is 0.500. The second kappa shape index (κ2) is 69.4. The number of aromatic amines is 1. The monoisotopic (exact) mass is 1510 g/mol. The van der Waals surface area contributed by atoms with Crippen LogP contribution in [0.15, 0.2) is 152 Å². The van der Waals surface area contributed by atoms with Crippen LogP contribution in [-0.4, -0.2) is 54.8 Å². The van der Waals surface area contributed by atoms with Gasteiger partial charge in [-0.1, -0.05) is 317 Å². The predicted octanol–water partition coefficient (Wildman–Crippen LogP) is 31.2. The van der Waals surface area contributed by atoms with E-state index in [4.69, 9.17) is 0 Å². The SMILES string of the molecule is C.CC.CC.CC.CC.CC.CC.CC.CC.CC.CC.CC.CC.Cc1ccc(C(C)C)c2ccc(=O)[nH]c12.Cc1ccc(C(C)C)c2cccnc12.Cc1ccc(C(C)C)c2cncnc12.Cc1ccc(C(C)C)c2nccnc12.Cc1ncc(C(C)C)c2cccnc12.Cc1ncc(C(C)C)c2nccnc12. The Hall–Kier alpha value is -8.77. The molecule has 0 aliphatic carbocycles. The van der Waals surface area contributed by atoms with E-state index in [1.165, 1.54) is 66.2 Å². The molecule has 8 heterocycles. The highest BCUT2D eigenvalue weighted by atomic mass is 16.1. The molecule has 12 nitrogen and oxygen atoms in total. The highest BCUT2D eigenvalue weighted by Gasteiger charge is 2.13. The van der Waals surface area contributed by atoms with Gasteiger partial charge in [0, 0.05) is 88.9 Å². The molecule has 0 aliphatic rings. The molecule has 0 atom stereocenters. The topological polar surface area (TPSA) is 162 Å². The summed E-state index contributed by atoms with van der Waals surface area (Å²) in [5.41, 5.74) is 22.6. The molecule has 0 bridgehead atoms. The normalized spacial score (nSPS) is 9.27. The van der Waals surface area contributed by atoms with Gasteiger partial charge in [0.05, 0.1) is 50.0 Å². The lowest BCUT2D eigenvalue weighted by Gasteiger charge is -2.11. The van der Waals surface area contributed by atoms with Crippen molar-refractivity contribution in [3.63, 3.8) is 0 Å². The summed E-state index contributed by atoms with van der Waals surface area (Å²) in [6, 6.07) is 28.9. The molecule has 0 saturated heterocycles. The maximum atomic E-state index is 11.3. The van der Waals surface area contributed by atoms with Crippen LogP contribution in [0.2, 0.25) is 0 Å². The van der Waals surface area contributed by atoms with E-state index in [1.54, 1.807) is 37.2 Å². The zero-order chi connectivity index (χ0) is 85.6. The molecule has 12 aromatic rings. The van der Waals surface area contributed by atoms with Crippen LogP contribution in [-0.2, 0) is 0 Å². The van der Waals surface area contributed by atoms with Gasteiger partial charge in [-0.05, 0) is 145 Å². The second-order valence-corrected chi connectivity index (χ2v) is 23.6. The van der Waals surface area contributed by atoms with E-state index in [0.29, 0.717) is 35.5 Å². The quantitative estimate of drug-likeness (QED) is 0.169. The number of hydrogen-bond acceptors (Lipinski definition) is 11. The third-order valence-electron chi connectivity index (χ3n) is 15.2. The summed E-state index contributed by atoms with van der Waals surface area (Å²) in [6.45, 7) is 86.4. The lowest BCUT2D eigenvalue weighted by molar-refractivity contribution is 0.861. The van der Waals surface area contributed by atoms with Gasteiger partial charge in [0.25, 0.3) is 0 Å². The minimum Gasteiger partial charge on any atom is -0.322 e. The molecule has 0 spiro atoms. The standard InChI is InChI=1S/C13H15NO.C13H15N.3C12H14N2.C11H13N3.12C2H6.CH4/c1-8(2)10-5-4-9(3)13-11(10)6-7-12(15)14-13;1-9(2)11-7-6-10(3)13-12(11)5-4-8-14-13;1-8(2)10-5-4-9(3)12-11(10)6-13-7-14-12;1-8(2)10-5-4-9(3)11-12(10)14-7-6-13-11;1-8(2)11-7-14-9(3)12-10(11)5-4-6-13-12;1-7(2)9-6-14-8(3)10-11(9)13-5-4-12-10;12*1-2;/h4-8H,1-3H3,(H,14,15);4-9H,1-3H3;3*4-8H,1-3H3;4-7H,1-3H3;12*1-2H3;1H4. The molecule has 1 N–H and O–H groups in total. The first-order chi connectivity index (χ1) is 52.6. The Kier molecular flexibility index (Phi) is 72.3. The van der Waals surface area contributed by atoms with Crippen molar-refractivity contribution >= 4 is 65.7 Å². The summed E-state index contributed by atoms with van der Waals surface area (Å²) in [4.78, 5) is 57.5. The molecule has 0 fully saturated rings. The van der Waals surface area contributed by atoms with Crippen molar-refractivity contribution in [2.75, 3.05) is 0 Å². The Morgan fingerprint density at radius 2 is 0.564 bits per heavy atom.